The molecular formula is C8H10N4O4. The van der Waals surface area contributed by atoms with E-state index in [1.165, 1.54) is 23.9 Å². The molecule has 0 unspecified atom stereocenters. The van der Waals surface area contributed by atoms with Crippen LogP contribution in [0.4, 0.5) is 9.59 Å². The van der Waals surface area contributed by atoms with Gasteiger partial charge in [0.15, 0.2) is 6.17 Å². The van der Waals surface area contributed by atoms with E-state index in [2.05, 4.69) is 0 Å². The van der Waals surface area contributed by atoms with Crippen molar-refractivity contribution in [2.75, 3.05) is 14.1 Å². The molecule has 8 heteroatoms. The van der Waals surface area contributed by atoms with Gasteiger partial charge in [-0.1, -0.05) is 0 Å². The van der Waals surface area contributed by atoms with E-state index >= 15 is 0 Å². The number of hydrogen-bond acceptors (Lipinski definition) is 4. The molecule has 86 valence electrons. The molecule has 2 rings (SSSR count). The SMILES string of the molecule is CN1C(=O)N(C=O)C2C1N(C)C(=O)N2C=O. The molecule has 2 fully saturated rings. The van der Waals surface area contributed by atoms with E-state index in [1.54, 1.807) is 0 Å². The van der Waals surface area contributed by atoms with E-state index in [0.29, 0.717) is 12.8 Å². The molecule has 8 nitrogen and oxygen atoms in total. The van der Waals surface area contributed by atoms with Crippen LogP contribution in [-0.2, 0) is 9.59 Å². The van der Waals surface area contributed by atoms with Gasteiger partial charge in [0.1, 0.15) is 6.17 Å². The zero-order valence-electron chi connectivity index (χ0n) is 8.73. The third-order valence-corrected chi connectivity index (χ3v) is 2.90. The zero-order valence-corrected chi connectivity index (χ0v) is 8.73. The van der Waals surface area contributed by atoms with Gasteiger partial charge in [-0.2, -0.15) is 0 Å². The highest BCUT2D eigenvalue weighted by molar-refractivity contribution is 5.95. The largest absolute Gasteiger partial charge is 0.329 e. The van der Waals surface area contributed by atoms with Gasteiger partial charge in [-0.15, -0.1) is 0 Å². The van der Waals surface area contributed by atoms with Gasteiger partial charge in [-0.05, 0) is 0 Å². The van der Waals surface area contributed by atoms with Crippen molar-refractivity contribution in [2.24, 2.45) is 0 Å². The molecule has 2 aliphatic rings. The monoisotopic (exact) mass is 226 g/mol. The van der Waals surface area contributed by atoms with Gasteiger partial charge in [0.05, 0.1) is 0 Å². The van der Waals surface area contributed by atoms with E-state index in [0.717, 1.165) is 9.80 Å². The minimum absolute atomic E-state index is 0.326. The molecule has 0 spiro atoms. The van der Waals surface area contributed by atoms with Crippen LogP contribution in [0.15, 0.2) is 0 Å². The highest BCUT2D eigenvalue weighted by Crippen LogP contribution is 2.30. The number of rotatable bonds is 2. The lowest BCUT2D eigenvalue weighted by Gasteiger charge is -2.21. The van der Waals surface area contributed by atoms with Crippen molar-refractivity contribution in [3.63, 3.8) is 0 Å². The highest BCUT2D eigenvalue weighted by Gasteiger charge is 2.57. The number of amides is 6. The van der Waals surface area contributed by atoms with Crippen LogP contribution in [0.1, 0.15) is 0 Å². The molecule has 2 saturated heterocycles. The number of nitrogens with zero attached hydrogens (tertiary/aromatic N) is 4. The van der Waals surface area contributed by atoms with Gasteiger partial charge in [0, 0.05) is 14.1 Å². The number of imide groups is 2. The molecule has 2 aliphatic heterocycles. The molecule has 2 heterocycles. The van der Waals surface area contributed by atoms with E-state index in [4.69, 9.17) is 0 Å². The normalized spacial score (nSPS) is 28.9. The third-order valence-electron chi connectivity index (χ3n) is 2.90. The molecular weight excluding hydrogens is 216 g/mol. The van der Waals surface area contributed by atoms with Crippen molar-refractivity contribution in [1.29, 1.82) is 0 Å². The molecule has 6 amide bonds. The predicted octanol–water partition coefficient (Wildman–Crippen LogP) is -1.31. The molecule has 0 aromatic carbocycles. The summed E-state index contributed by atoms with van der Waals surface area (Å²) in [6.45, 7) is 0. The quantitative estimate of drug-likeness (QED) is 0.547. The fraction of sp³-hybridized carbons (Fsp3) is 0.500. The first kappa shape index (κ1) is 10.4. The molecule has 0 aromatic rings. The number of fused-ring (bicyclic) bond motifs is 1. The summed E-state index contributed by atoms with van der Waals surface area (Å²) in [5.41, 5.74) is 0. The summed E-state index contributed by atoms with van der Waals surface area (Å²) in [5, 5.41) is 0. The molecule has 0 aromatic heterocycles. The third kappa shape index (κ3) is 0.980. The average Bonchev–Trinajstić information content (AvgIpc) is 2.65. The maximum absolute atomic E-state index is 11.6. The fourth-order valence-electron chi connectivity index (χ4n) is 2.11. The maximum Gasteiger partial charge on any atom is 0.329 e. The first-order valence-electron chi connectivity index (χ1n) is 4.55. The van der Waals surface area contributed by atoms with E-state index < -0.39 is 24.4 Å². The molecule has 0 N–H and O–H groups in total. The van der Waals surface area contributed by atoms with Crippen molar-refractivity contribution in [1.82, 2.24) is 19.6 Å². The van der Waals surface area contributed by atoms with Gasteiger partial charge in [0.25, 0.3) is 0 Å². The Morgan fingerprint density at radius 2 is 1.25 bits per heavy atom. The lowest BCUT2D eigenvalue weighted by atomic mass is 10.4. The summed E-state index contributed by atoms with van der Waals surface area (Å²) in [4.78, 5) is 48.9. The van der Waals surface area contributed by atoms with Gasteiger partial charge < -0.3 is 9.80 Å². The van der Waals surface area contributed by atoms with Gasteiger partial charge >= 0.3 is 12.1 Å². The summed E-state index contributed by atoms with van der Waals surface area (Å²) in [6.07, 6.45) is -0.834. The van der Waals surface area contributed by atoms with Crippen LogP contribution in [0, 0.1) is 0 Å². The number of carbonyl (C=O) groups excluding carboxylic acids is 4. The maximum atomic E-state index is 11.6. The lowest BCUT2D eigenvalue weighted by Crippen LogP contribution is -2.45. The summed E-state index contributed by atoms with van der Waals surface area (Å²) in [5.74, 6) is 0. The first-order valence-corrected chi connectivity index (χ1v) is 4.55. The van der Waals surface area contributed by atoms with E-state index in [-0.39, 0.29) is 0 Å². The van der Waals surface area contributed by atoms with Crippen molar-refractivity contribution in [2.45, 2.75) is 12.3 Å². The summed E-state index contributed by atoms with van der Waals surface area (Å²) >= 11 is 0. The lowest BCUT2D eigenvalue weighted by molar-refractivity contribution is -0.122. The number of carbonyl (C=O) groups is 4. The van der Waals surface area contributed by atoms with Crippen LogP contribution in [0.2, 0.25) is 0 Å². The number of likely N-dealkylation sites (N-methyl/N-ethyl adjacent to an activating group) is 2. The Kier molecular flexibility index (Phi) is 2.07. The predicted molar refractivity (Wildman–Crippen MR) is 49.7 cm³/mol. The Labute approximate surface area is 91.0 Å². The second-order valence-corrected chi connectivity index (χ2v) is 3.64. The van der Waals surface area contributed by atoms with Crippen LogP contribution in [-0.4, -0.2) is 70.9 Å². The Morgan fingerprint density at radius 3 is 1.56 bits per heavy atom. The summed E-state index contributed by atoms with van der Waals surface area (Å²) in [7, 11) is 2.95. The molecule has 0 bridgehead atoms. The van der Waals surface area contributed by atoms with Crippen molar-refractivity contribution >= 4 is 24.9 Å². The zero-order chi connectivity index (χ0) is 12.0. The average molecular weight is 226 g/mol. The van der Waals surface area contributed by atoms with E-state index in [1.807, 2.05) is 0 Å². The Balaban J connectivity index is 2.46. The topological polar surface area (TPSA) is 81.2 Å². The van der Waals surface area contributed by atoms with Gasteiger partial charge in [-0.25, -0.2) is 19.4 Å². The molecule has 16 heavy (non-hydrogen) atoms. The van der Waals surface area contributed by atoms with Crippen LogP contribution in [0.25, 0.3) is 0 Å². The Morgan fingerprint density at radius 1 is 0.875 bits per heavy atom. The minimum Gasteiger partial charge on any atom is -0.303 e. The molecule has 0 saturated carbocycles. The second-order valence-electron chi connectivity index (χ2n) is 3.64. The summed E-state index contributed by atoms with van der Waals surface area (Å²) < 4.78 is 0. The van der Waals surface area contributed by atoms with Crippen molar-refractivity contribution in [3.05, 3.63) is 0 Å². The van der Waals surface area contributed by atoms with Gasteiger partial charge in [-0.3, -0.25) is 9.59 Å². The standard InChI is InChI=1S/C8H10N4O4/c1-9-5-6(11(3-13)7(9)15)12(4-14)8(16)10(5)2/h3-6H,1-2H3. The van der Waals surface area contributed by atoms with Crippen LogP contribution < -0.4 is 0 Å². The molecule has 0 radical (unpaired) electrons. The molecule has 0 atom stereocenters. The second kappa shape index (κ2) is 3.19. The minimum atomic E-state index is -0.870. The summed E-state index contributed by atoms with van der Waals surface area (Å²) in [6, 6.07) is -1.06. The van der Waals surface area contributed by atoms with Crippen LogP contribution >= 0.6 is 0 Å². The number of hydrogen-bond donors (Lipinski definition) is 0. The van der Waals surface area contributed by atoms with Crippen LogP contribution in [0.3, 0.4) is 0 Å². The highest BCUT2D eigenvalue weighted by atomic mass is 16.2. The Bertz CT molecular complexity index is 350. The van der Waals surface area contributed by atoms with Gasteiger partial charge in [0.2, 0.25) is 12.8 Å². The van der Waals surface area contributed by atoms with Crippen LogP contribution in [0.5, 0.6) is 0 Å². The smallest absolute Gasteiger partial charge is 0.303 e. The Hall–Kier alpha value is -2.12. The van der Waals surface area contributed by atoms with E-state index in [9.17, 15) is 19.2 Å². The first-order chi connectivity index (χ1) is 7.54. The van der Waals surface area contributed by atoms with Crippen molar-refractivity contribution in [3.8, 4) is 0 Å². The van der Waals surface area contributed by atoms with Crippen molar-refractivity contribution < 1.29 is 19.2 Å². The molecule has 0 aliphatic carbocycles. The number of urea groups is 2. The fourth-order valence-corrected chi connectivity index (χ4v) is 2.11.